The second kappa shape index (κ2) is 6.92. The minimum atomic E-state index is -0.294. The lowest BCUT2D eigenvalue weighted by Gasteiger charge is -2.12. The molecule has 0 bridgehead atoms. The van der Waals surface area contributed by atoms with Gasteiger partial charge in [0, 0.05) is 17.6 Å². The van der Waals surface area contributed by atoms with Crippen molar-refractivity contribution in [2.24, 2.45) is 0 Å². The Morgan fingerprint density at radius 2 is 2.08 bits per heavy atom. The van der Waals surface area contributed by atoms with E-state index in [1.165, 1.54) is 16.2 Å². The fraction of sp³-hybridized carbons (Fsp3) is 0.316. The highest BCUT2D eigenvalue weighted by molar-refractivity contribution is 7.17. The van der Waals surface area contributed by atoms with E-state index in [2.05, 4.69) is 15.7 Å². The molecule has 0 spiro atoms. The van der Waals surface area contributed by atoms with Gasteiger partial charge in [-0.15, -0.1) is 11.3 Å². The SMILES string of the molecule is CCNC(=O)c1c(NC(=O)c2cc3ccccn3n2)sc2c1CCCC2. The number of carbonyl (C=O) groups is 2. The Bertz CT molecular complexity index is 956. The molecular weight excluding hydrogens is 348 g/mol. The molecular formula is C19H20N4O2S. The molecule has 0 aliphatic heterocycles. The molecule has 0 radical (unpaired) electrons. The first kappa shape index (κ1) is 16.8. The smallest absolute Gasteiger partial charge is 0.276 e. The molecule has 2 amide bonds. The van der Waals surface area contributed by atoms with Crippen molar-refractivity contribution >= 4 is 33.7 Å². The lowest BCUT2D eigenvalue weighted by Crippen LogP contribution is -2.25. The molecule has 3 aromatic heterocycles. The summed E-state index contributed by atoms with van der Waals surface area (Å²) in [6.07, 6.45) is 5.87. The predicted octanol–water partition coefficient (Wildman–Crippen LogP) is 3.28. The molecule has 0 saturated heterocycles. The van der Waals surface area contributed by atoms with Crippen LogP contribution in [-0.2, 0) is 12.8 Å². The molecule has 134 valence electrons. The van der Waals surface area contributed by atoms with Crippen LogP contribution in [0.1, 0.15) is 51.1 Å². The molecule has 1 aliphatic rings. The van der Waals surface area contributed by atoms with Crippen LogP contribution in [0.2, 0.25) is 0 Å². The van der Waals surface area contributed by atoms with E-state index in [1.54, 1.807) is 16.8 Å². The Labute approximate surface area is 155 Å². The van der Waals surface area contributed by atoms with Gasteiger partial charge < -0.3 is 10.6 Å². The normalized spacial score (nSPS) is 13.4. The standard InChI is InChI=1S/C19H20N4O2S/c1-2-20-18(25)16-13-8-3-4-9-15(13)26-19(16)21-17(24)14-11-12-7-5-6-10-23(12)22-14/h5-7,10-11H,2-4,8-9H2,1H3,(H,20,25)(H,21,24). The maximum atomic E-state index is 12.7. The first-order valence-electron chi connectivity index (χ1n) is 8.86. The summed E-state index contributed by atoms with van der Waals surface area (Å²) in [5.74, 6) is -0.407. The fourth-order valence-electron chi connectivity index (χ4n) is 3.36. The van der Waals surface area contributed by atoms with E-state index in [1.807, 2.05) is 25.1 Å². The van der Waals surface area contributed by atoms with E-state index in [4.69, 9.17) is 0 Å². The van der Waals surface area contributed by atoms with Crippen molar-refractivity contribution in [3.05, 3.63) is 52.2 Å². The van der Waals surface area contributed by atoms with Gasteiger partial charge in [0.05, 0.1) is 11.1 Å². The van der Waals surface area contributed by atoms with E-state index in [0.29, 0.717) is 22.8 Å². The number of pyridine rings is 1. The molecule has 0 fully saturated rings. The van der Waals surface area contributed by atoms with E-state index in [-0.39, 0.29) is 11.8 Å². The molecule has 3 aromatic rings. The number of amides is 2. The predicted molar refractivity (Wildman–Crippen MR) is 102 cm³/mol. The maximum absolute atomic E-state index is 12.7. The quantitative estimate of drug-likeness (QED) is 0.742. The average Bonchev–Trinajstić information content (AvgIpc) is 3.22. The van der Waals surface area contributed by atoms with E-state index >= 15 is 0 Å². The van der Waals surface area contributed by atoms with Crippen molar-refractivity contribution in [3.63, 3.8) is 0 Å². The summed E-state index contributed by atoms with van der Waals surface area (Å²) in [6, 6.07) is 7.41. The van der Waals surface area contributed by atoms with Gasteiger partial charge in [-0.25, -0.2) is 4.52 Å². The molecule has 0 saturated carbocycles. The van der Waals surface area contributed by atoms with Crippen LogP contribution in [0.4, 0.5) is 5.00 Å². The first-order chi connectivity index (χ1) is 12.7. The number of fused-ring (bicyclic) bond motifs is 2. The molecule has 26 heavy (non-hydrogen) atoms. The minimum Gasteiger partial charge on any atom is -0.352 e. The van der Waals surface area contributed by atoms with Gasteiger partial charge in [0.25, 0.3) is 11.8 Å². The Balaban J connectivity index is 1.67. The van der Waals surface area contributed by atoms with Crippen molar-refractivity contribution < 1.29 is 9.59 Å². The van der Waals surface area contributed by atoms with Crippen LogP contribution in [0, 0.1) is 0 Å². The lowest BCUT2D eigenvalue weighted by molar-refractivity contribution is 0.0956. The Hall–Kier alpha value is -2.67. The number of rotatable bonds is 4. The van der Waals surface area contributed by atoms with E-state index in [9.17, 15) is 9.59 Å². The molecule has 0 atom stereocenters. The molecule has 0 aromatic carbocycles. The number of carbonyl (C=O) groups excluding carboxylic acids is 2. The Morgan fingerprint density at radius 1 is 1.23 bits per heavy atom. The zero-order valence-electron chi connectivity index (χ0n) is 14.5. The van der Waals surface area contributed by atoms with Crippen LogP contribution in [0.25, 0.3) is 5.52 Å². The van der Waals surface area contributed by atoms with Gasteiger partial charge in [0.1, 0.15) is 5.00 Å². The van der Waals surface area contributed by atoms with Crippen molar-refractivity contribution in [2.45, 2.75) is 32.6 Å². The van der Waals surface area contributed by atoms with E-state index < -0.39 is 0 Å². The highest BCUT2D eigenvalue weighted by Gasteiger charge is 2.26. The van der Waals surface area contributed by atoms with Gasteiger partial charge in [-0.3, -0.25) is 9.59 Å². The number of thiophene rings is 1. The number of aryl methyl sites for hydroxylation is 1. The van der Waals surface area contributed by atoms with Gasteiger partial charge in [0.15, 0.2) is 5.69 Å². The second-order valence-electron chi connectivity index (χ2n) is 6.33. The lowest BCUT2D eigenvalue weighted by atomic mass is 9.95. The van der Waals surface area contributed by atoms with Gasteiger partial charge in [-0.05, 0) is 56.4 Å². The number of hydrogen-bond donors (Lipinski definition) is 2. The number of aromatic nitrogens is 2. The van der Waals surface area contributed by atoms with Gasteiger partial charge in [-0.2, -0.15) is 5.10 Å². The topological polar surface area (TPSA) is 75.5 Å². The Morgan fingerprint density at radius 3 is 2.88 bits per heavy atom. The summed E-state index contributed by atoms with van der Waals surface area (Å²) in [5.41, 5.74) is 2.91. The third kappa shape index (κ3) is 2.99. The number of nitrogens with one attached hydrogen (secondary N) is 2. The van der Waals surface area contributed by atoms with Gasteiger partial charge in [0.2, 0.25) is 0 Å². The summed E-state index contributed by atoms with van der Waals surface area (Å²) in [7, 11) is 0. The monoisotopic (exact) mass is 368 g/mol. The summed E-state index contributed by atoms with van der Waals surface area (Å²) in [6.45, 7) is 2.45. The third-order valence-corrected chi connectivity index (χ3v) is 5.77. The van der Waals surface area contributed by atoms with Crippen LogP contribution in [0.3, 0.4) is 0 Å². The van der Waals surface area contributed by atoms with E-state index in [0.717, 1.165) is 36.8 Å². The van der Waals surface area contributed by atoms with Crippen LogP contribution >= 0.6 is 11.3 Å². The van der Waals surface area contributed by atoms with Gasteiger partial charge >= 0.3 is 0 Å². The maximum Gasteiger partial charge on any atom is 0.276 e. The van der Waals surface area contributed by atoms with Crippen molar-refractivity contribution in [1.29, 1.82) is 0 Å². The molecule has 2 N–H and O–H groups in total. The third-order valence-electron chi connectivity index (χ3n) is 4.57. The van der Waals surface area contributed by atoms with Crippen LogP contribution in [0.5, 0.6) is 0 Å². The van der Waals surface area contributed by atoms with Crippen molar-refractivity contribution in [1.82, 2.24) is 14.9 Å². The number of nitrogens with zero attached hydrogens (tertiary/aromatic N) is 2. The number of hydrogen-bond acceptors (Lipinski definition) is 4. The zero-order valence-corrected chi connectivity index (χ0v) is 15.4. The molecule has 4 rings (SSSR count). The molecule has 0 unspecified atom stereocenters. The molecule has 3 heterocycles. The van der Waals surface area contributed by atoms with Crippen LogP contribution in [-0.4, -0.2) is 28.0 Å². The minimum absolute atomic E-state index is 0.114. The average molecular weight is 368 g/mol. The van der Waals surface area contributed by atoms with Crippen molar-refractivity contribution in [2.75, 3.05) is 11.9 Å². The first-order valence-corrected chi connectivity index (χ1v) is 9.67. The zero-order chi connectivity index (χ0) is 18.1. The highest BCUT2D eigenvalue weighted by atomic mass is 32.1. The largest absolute Gasteiger partial charge is 0.352 e. The second-order valence-corrected chi connectivity index (χ2v) is 7.43. The number of anilines is 1. The van der Waals surface area contributed by atoms with Crippen LogP contribution in [0.15, 0.2) is 30.5 Å². The molecule has 1 aliphatic carbocycles. The summed E-state index contributed by atoms with van der Waals surface area (Å²) < 4.78 is 1.67. The fourth-order valence-corrected chi connectivity index (χ4v) is 4.64. The van der Waals surface area contributed by atoms with Crippen molar-refractivity contribution in [3.8, 4) is 0 Å². The Kier molecular flexibility index (Phi) is 4.46. The van der Waals surface area contributed by atoms with Gasteiger partial charge in [-0.1, -0.05) is 6.07 Å². The molecule has 6 nitrogen and oxygen atoms in total. The summed E-state index contributed by atoms with van der Waals surface area (Å²) in [5, 5.41) is 10.7. The van der Waals surface area contributed by atoms with Crippen LogP contribution < -0.4 is 10.6 Å². The highest BCUT2D eigenvalue weighted by Crippen LogP contribution is 2.38. The summed E-state index contributed by atoms with van der Waals surface area (Å²) >= 11 is 1.52. The molecule has 7 heteroatoms. The summed E-state index contributed by atoms with van der Waals surface area (Å²) in [4.78, 5) is 26.5.